The van der Waals surface area contributed by atoms with Crippen molar-refractivity contribution >= 4 is 11.6 Å². The lowest BCUT2D eigenvalue weighted by molar-refractivity contribution is 0.562. The zero-order chi connectivity index (χ0) is 10.5. The molecule has 0 saturated heterocycles. The van der Waals surface area contributed by atoms with Gasteiger partial charge in [-0.3, -0.25) is 0 Å². The molecule has 1 atom stereocenters. The van der Waals surface area contributed by atoms with E-state index in [2.05, 4.69) is 12.1 Å². The Kier molecular flexibility index (Phi) is 3.46. The molecule has 0 radical (unpaired) electrons. The highest BCUT2D eigenvalue weighted by Gasteiger charge is 2.11. The summed E-state index contributed by atoms with van der Waals surface area (Å²) in [6, 6.07) is 12.3. The normalized spacial score (nSPS) is 12.6. The van der Waals surface area contributed by atoms with E-state index in [1.807, 2.05) is 24.3 Å². The molecule has 0 bridgehead atoms. The van der Waals surface area contributed by atoms with Gasteiger partial charge in [0.1, 0.15) is 0 Å². The van der Waals surface area contributed by atoms with E-state index < -0.39 is 0 Å². The van der Waals surface area contributed by atoms with Crippen molar-refractivity contribution in [2.75, 3.05) is 5.88 Å². The highest BCUT2D eigenvalue weighted by Crippen LogP contribution is 2.22. The van der Waals surface area contributed by atoms with Gasteiger partial charge in [-0.05, 0) is 23.6 Å². The third kappa shape index (κ3) is 2.63. The van der Waals surface area contributed by atoms with Crippen molar-refractivity contribution in [2.45, 2.75) is 12.3 Å². The van der Waals surface area contributed by atoms with Gasteiger partial charge in [-0.25, -0.2) is 0 Å². The van der Waals surface area contributed by atoms with Gasteiger partial charge in [-0.15, -0.1) is 11.6 Å². The molecule has 0 spiro atoms. The fourth-order valence-electron chi connectivity index (χ4n) is 1.68. The molecule has 0 amide bonds. The third-order valence-electron chi connectivity index (χ3n) is 2.52. The number of alkyl halides is 1. The summed E-state index contributed by atoms with van der Waals surface area (Å²) >= 11 is 5.99. The highest BCUT2D eigenvalue weighted by atomic mass is 35.5. The third-order valence-corrected chi connectivity index (χ3v) is 2.89. The molecule has 2 rings (SSSR count). The van der Waals surface area contributed by atoms with Crippen molar-refractivity contribution in [1.82, 2.24) is 0 Å². The largest absolute Gasteiger partial charge is 0.472 e. The summed E-state index contributed by atoms with van der Waals surface area (Å²) in [6.07, 6.45) is 4.41. The number of hydrogen-bond donors (Lipinski definition) is 0. The zero-order valence-corrected chi connectivity index (χ0v) is 9.15. The predicted molar refractivity (Wildman–Crippen MR) is 62.3 cm³/mol. The molecule has 0 aliphatic carbocycles. The maximum Gasteiger partial charge on any atom is 0.0934 e. The van der Waals surface area contributed by atoms with E-state index >= 15 is 0 Å². The topological polar surface area (TPSA) is 13.1 Å². The van der Waals surface area contributed by atoms with Crippen molar-refractivity contribution in [1.29, 1.82) is 0 Å². The van der Waals surface area contributed by atoms with E-state index in [-0.39, 0.29) is 0 Å². The second-order valence-electron chi connectivity index (χ2n) is 3.60. The number of furan rings is 1. The van der Waals surface area contributed by atoms with Crippen LogP contribution in [0.25, 0.3) is 0 Å². The fourth-order valence-corrected chi connectivity index (χ4v) is 1.97. The molecule has 1 nitrogen and oxygen atoms in total. The van der Waals surface area contributed by atoms with E-state index in [4.69, 9.17) is 16.0 Å². The molecule has 0 fully saturated rings. The molecule has 1 aromatic carbocycles. The zero-order valence-electron chi connectivity index (χ0n) is 8.40. The first-order valence-electron chi connectivity index (χ1n) is 5.02. The van der Waals surface area contributed by atoms with Gasteiger partial charge in [0.05, 0.1) is 12.5 Å². The van der Waals surface area contributed by atoms with Crippen LogP contribution in [0.1, 0.15) is 17.0 Å². The molecule has 78 valence electrons. The van der Waals surface area contributed by atoms with Crippen LogP contribution in [0.2, 0.25) is 0 Å². The summed E-state index contributed by atoms with van der Waals surface area (Å²) in [5.74, 6) is 1.00. The minimum atomic E-state index is 0.366. The second-order valence-corrected chi connectivity index (χ2v) is 3.91. The van der Waals surface area contributed by atoms with E-state index in [9.17, 15) is 0 Å². The summed E-state index contributed by atoms with van der Waals surface area (Å²) in [4.78, 5) is 0. The standard InChI is InChI=1S/C13H13ClO/c14-9-13(8-11-6-7-15-10-11)12-4-2-1-3-5-12/h1-7,10,13H,8-9H2. The smallest absolute Gasteiger partial charge is 0.0934 e. The van der Waals surface area contributed by atoms with E-state index in [0.717, 1.165) is 6.42 Å². The van der Waals surface area contributed by atoms with Crippen LogP contribution in [0.3, 0.4) is 0 Å². The van der Waals surface area contributed by atoms with Crippen LogP contribution in [-0.4, -0.2) is 5.88 Å². The Morgan fingerprint density at radius 2 is 1.93 bits per heavy atom. The van der Waals surface area contributed by atoms with Gasteiger partial charge in [0.15, 0.2) is 0 Å². The lowest BCUT2D eigenvalue weighted by Gasteiger charge is -2.12. The van der Waals surface area contributed by atoms with Crippen molar-refractivity contribution < 1.29 is 4.42 Å². The molecule has 0 aliphatic heterocycles. The number of hydrogen-bond acceptors (Lipinski definition) is 1. The molecular weight excluding hydrogens is 208 g/mol. The molecule has 1 unspecified atom stereocenters. The van der Waals surface area contributed by atoms with E-state index in [1.165, 1.54) is 11.1 Å². The Morgan fingerprint density at radius 3 is 2.53 bits per heavy atom. The van der Waals surface area contributed by atoms with Gasteiger partial charge in [-0.2, -0.15) is 0 Å². The monoisotopic (exact) mass is 220 g/mol. The summed E-state index contributed by atoms with van der Waals surface area (Å²) in [6.45, 7) is 0. The number of benzene rings is 1. The van der Waals surface area contributed by atoms with Crippen LogP contribution < -0.4 is 0 Å². The lowest BCUT2D eigenvalue weighted by atomic mass is 9.95. The van der Waals surface area contributed by atoms with Gasteiger partial charge >= 0.3 is 0 Å². The summed E-state index contributed by atoms with van der Waals surface area (Å²) in [5, 5.41) is 0. The first-order chi connectivity index (χ1) is 7.40. The molecule has 15 heavy (non-hydrogen) atoms. The van der Waals surface area contributed by atoms with Gasteiger partial charge in [-0.1, -0.05) is 30.3 Å². The van der Waals surface area contributed by atoms with Gasteiger partial charge in [0.2, 0.25) is 0 Å². The SMILES string of the molecule is ClCC(Cc1ccoc1)c1ccccc1. The molecule has 1 heterocycles. The van der Waals surface area contributed by atoms with Crippen LogP contribution in [0.5, 0.6) is 0 Å². The highest BCUT2D eigenvalue weighted by molar-refractivity contribution is 6.18. The average molecular weight is 221 g/mol. The van der Waals surface area contributed by atoms with E-state index in [1.54, 1.807) is 12.5 Å². The summed E-state index contributed by atoms with van der Waals surface area (Å²) in [5.41, 5.74) is 2.48. The molecule has 0 N–H and O–H groups in total. The first-order valence-corrected chi connectivity index (χ1v) is 5.55. The quantitative estimate of drug-likeness (QED) is 0.714. The van der Waals surface area contributed by atoms with Crippen molar-refractivity contribution in [3.8, 4) is 0 Å². The number of halogens is 1. The molecule has 0 aliphatic rings. The van der Waals surface area contributed by atoms with Crippen LogP contribution >= 0.6 is 11.6 Å². The Balaban J connectivity index is 2.12. The first kappa shape index (κ1) is 10.3. The average Bonchev–Trinajstić information content (AvgIpc) is 2.80. The van der Waals surface area contributed by atoms with Crippen molar-refractivity contribution in [3.63, 3.8) is 0 Å². The van der Waals surface area contributed by atoms with Crippen LogP contribution in [-0.2, 0) is 6.42 Å². The van der Waals surface area contributed by atoms with Crippen LogP contribution in [0.4, 0.5) is 0 Å². The Bertz CT molecular complexity index is 380. The second kappa shape index (κ2) is 5.04. The molecule has 2 heteroatoms. The van der Waals surface area contributed by atoms with Crippen LogP contribution in [0, 0.1) is 0 Å². The minimum Gasteiger partial charge on any atom is -0.472 e. The van der Waals surface area contributed by atoms with Crippen molar-refractivity contribution in [2.24, 2.45) is 0 Å². The summed E-state index contributed by atoms with van der Waals surface area (Å²) < 4.78 is 5.05. The molecule has 1 aromatic heterocycles. The lowest BCUT2D eigenvalue weighted by Crippen LogP contribution is -2.03. The maximum absolute atomic E-state index is 5.99. The van der Waals surface area contributed by atoms with Gasteiger partial charge in [0.25, 0.3) is 0 Å². The fraction of sp³-hybridized carbons (Fsp3) is 0.231. The Hall–Kier alpha value is -1.21. The maximum atomic E-state index is 5.99. The molecule has 0 saturated carbocycles. The Labute approximate surface area is 94.7 Å². The van der Waals surface area contributed by atoms with Gasteiger partial charge in [0, 0.05) is 11.8 Å². The minimum absolute atomic E-state index is 0.366. The molecule has 2 aromatic rings. The summed E-state index contributed by atoms with van der Waals surface area (Å²) in [7, 11) is 0. The predicted octanol–water partition coefficient (Wildman–Crippen LogP) is 3.84. The number of rotatable bonds is 4. The van der Waals surface area contributed by atoms with Gasteiger partial charge < -0.3 is 4.42 Å². The van der Waals surface area contributed by atoms with Crippen molar-refractivity contribution in [3.05, 3.63) is 60.1 Å². The van der Waals surface area contributed by atoms with Crippen LogP contribution in [0.15, 0.2) is 53.3 Å². The molecular formula is C13H13ClO. The van der Waals surface area contributed by atoms with E-state index in [0.29, 0.717) is 11.8 Å². The Morgan fingerprint density at radius 1 is 1.13 bits per heavy atom.